The van der Waals surface area contributed by atoms with Crippen LogP contribution in [0, 0.1) is 27.6 Å². The summed E-state index contributed by atoms with van der Waals surface area (Å²) in [5, 5.41) is 12.8. The van der Waals surface area contributed by atoms with E-state index < -0.39 is 45.7 Å². The number of nitrogens with one attached hydrogen (secondary N) is 1. The first-order chi connectivity index (χ1) is 10.8. The van der Waals surface area contributed by atoms with Gasteiger partial charge in [-0.25, -0.2) is 13.2 Å². The molecule has 0 aliphatic heterocycles. The van der Waals surface area contributed by atoms with Crippen molar-refractivity contribution in [2.45, 2.75) is 6.04 Å². The number of nitrogens with zero attached hydrogens (tertiary/aromatic N) is 1. The number of nitro groups is 1. The molecule has 0 aliphatic rings. The highest BCUT2D eigenvalue weighted by atomic mass is 19.1. The van der Waals surface area contributed by atoms with E-state index in [-0.39, 0.29) is 5.56 Å². The molecule has 0 heterocycles. The minimum absolute atomic E-state index is 0.177. The Labute approximate surface area is 127 Å². The van der Waals surface area contributed by atoms with Crippen molar-refractivity contribution in [3.8, 4) is 0 Å². The third-order valence-corrected chi connectivity index (χ3v) is 3.01. The molecule has 3 N–H and O–H groups in total. The number of nitro benzene ring substituents is 1. The van der Waals surface area contributed by atoms with E-state index in [1.54, 1.807) is 0 Å². The van der Waals surface area contributed by atoms with Gasteiger partial charge in [-0.1, -0.05) is 12.1 Å². The summed E-state index contributed by atoms with van der Waals surface area (Å²) >= 11 is 0. The van der Waals surface area contributed by atoms with Gasteiger partial charge in [0, 0.05) is 0 Å². The van der Waals surface area contributed by atoms with Crippen molar-refractivity contribution in [3.05, 3.63) is 69.5 Å². The lowest BCUT2D eigenvalue weighted by molar-refractivity contribution is -0.385. The monoisotopic (exact) mass is 325 g/mol. The predicted octanol–water partition coefficient (Wildman–Crippen LogP) is 2.65. The number of hydrogen-bond donors (Lipinski definition) is 2. The van der Waals surface area contributed by atoms with Crippen LogP contribution >= 0.6 is 0 Å². The highest BCUT2D eigenvalue weighted by molar-refractivity contribution is 5.84. The van der Waals surface area contributed by atoms with E-state index in [1.165, 1.54) is 12.1 Å². The zero-order valence-corrected chi connectivity index (χ0v) is 11.4. The van der Waals surface area contributed by atoms with Crippen molar-refractivity contribution in [2.75, 3.05) is 5.32 Å². The van der Waals surface area contributed by atoms with Crippen LogP contribution in [-0.4, -0.2) is 10.8 Å². The van der Waals surface area contributed by atoms with Crippen LogP contribution < -0.4 is 11.1 Å². The van der Waals surface area contributed by atoms with Gasteiger partial charge in [0.05, 0.1) is 17.1 Å². The molecule has 23 heavy (non-hydrogen) atoms. The van der Waals surface area contributed by atoms with Gasteiger partial charge >= 0.3 is 0 Å². The number of rotatable bonds is 5. The average Bonchev–Trinajstić information content (AvgIpc) is 2.47. The van der Waals surface area contributed by atoms with Crippen LogP contribution in [0.5, 0.6) is 0 Å². The number of amides is 1. The van der Waals surface area contributed by atoms with Gasteiger partial charge in [0.2, 0.25) is 5.91 Å². The van der Waals surface area contributed by atoms with Crippen LogP contribution in [0.2, 0.25) is 0 Å². The second-order valence-corrected chi connectivity index (χ2v) is 4.57. The summed E-state index contributed by atoms with van der Waals surface area (Å²) in [6.45, 7) is 0. The number of carbonyl (C=O) groups excluding carboxylic acids is 1. The van der Waals surface area contributed by atoms with Gasteiger partial charge in [-0.15, -0.1) is 0 Å². The summed E-state index contributed by atoms with van der Waals surface area (Å²) < 4.78 is 40.6. The minimum atomic E-state index is -1.35. The smallest absolute Gasteiger partial charge is 0.275 e. The Bertz CT molecular complexity index is 743. The average molecular weight is 325 g/mol. The molecule has 1 atom stereocenters. The molecule has 0 aliphatic carbocycles. The lowest BCUT2D eigenvalue weighted by atomic mass is 10.1. The predicted molar refractivity (Wildman–Crippen MR) is 75.0 cm³/mol. The topological polar surface area (TPSA) is 98.3 Å². The Kier molecular flexibility index (Phi) is 4.49. The largest absolute Gasteiger partial charge is 0.368 e. The zero-order valence-electron chi connectivity index (χ0n) is 11.4. The molecule has 0 bridgehead atoms. The fourth-order valence-electron chi connectivity index (χ4n) is 1.92. The van der Waals surface area contributed by atoms with Crippen LogP contribution in [-0.2, 0) is 4.79 Å². The molecule has 0 radical (unpaired) electrons. The summed E-state index contributed by atoms with van der Waals surface area (Å²) in [4.78, 5) is 21.1. The molecule has 9 heteroatoms. The molecule has 0 fully saturated rings. The summed E-state index contributed by atoms with van der Waals surface area (Å²) in [6.07, 6.45) is 0. The maximum absolute atomic E-state index is 13.9. The third kappa shape index (κ3) is 3.57. The molecule has 2 rings (SSSR count). The molecule has 2 aromatic carbocycles. The molecule has 2 aromatic rings. The van der Waals surface area contributed by atoms with E-state index in [9.17, 15) is 28.1 Å². The third-order valence-electron chi connectivity index (χ3n) is 3.01. The van der Waals surface area contributed by atoms with Crippen molar-refractivity contribution < 1.29 is 22.9 Å². The standard InChI is InChI=1S/C14H10F3N3O3/c15-8-3-1-7(2-4-8)12(14(18)21)19-13-10(16)5-9(20(22)23)6-11(13)17/h1-6,12,19H,(H2,18,21)/t12-/m1/s1. The van der Waals surface area contributed by atoms with Crippen LogP contribution in [0.25, 0.3) is 0 Å². The fourth-order valence-corrected chi connectivity index (χ4v) is 1.92. The fraction of sp³-hybridized carbons (Fsp3) is 0.0714. The Morgan fingerprint density at radius 2 is 1.65 bits per heavy atom. The number of halogens is 3. The number of carbonyl (C=O) groups is 1. The highest BCUT2D eigenvalue weighted by Gasteiger charge is 2.23. The maximum Gasteiger partial charge on any atom is 0.275 e. The Balaban J connectivity index is 2.40. The van der Waals surface area contributed by atoms with Gasteiger partial charge in [-0.05, 0) is 17.7 Å². The van der Waals surface area contributed by atoms with Crippen molar-refractivity contribution in [3.63, 3.8) is 0 Å². The van der Waals surface area contributed by atoms with Gasteiger partial charge in [0.15, 0.2) is 11.6 Å². The molecule has 0 saturated heterocycles. The zero-order chi connectivity index (χ0) is 17.1. The Morgan fingerprint density at radius 3 is 2.09 bits per heavy atom. The highest BCUT2D eigenvalue weighted by Crippen LogP contribution is 2.28. The lowest BCUT2D eigenvalue weighted by Crippen LogP contribution is -2.28. The SMILES string of the molecule is NC(=O)[C@H](Nc1c(F)cc([N+](=O)[O-])cc1F)c1ccc(F)cc1. The molecule has 0 unspecified atom stereocenters. The molecule has 0 aromatic heterocycles. The molecule has 6 nitrogen and oxygen atoms in total. The number of nitrogens with two attached hydrogens (primary N) is 1. The summed E-state index contributed by atoms with van der Waals surface area (Å²) in [5.74, 6) is -4.05. The van der Waals surface area contributed by atoms with Gasteiger partial charge in [0.1, 0.15) is 17.5 Å². The Hall–Kier alpha value is -3.10. The van der Waals surface area contributed by atoms with Gasteiger partial charge in [0.25, 0.3) is 5.69 Å². The van der Waals surface area contributed by atoms with Crippen molar-refractivity contribution >= 4 is 17.3 Å². The van der Waals surface area contributed by atoms with Crippen LogP contribution in [0.4, 0.5) is 24.5 Å². The minimum Gasteiger partial charge on any atom is -0.368 e. The van der Waals surface area contributed by atoms with Crippen molar-refractivity contribution in [1.29, 1.82) is 0 Å². The molecular formula is C14H10F3N3O3. The lowest BCUT2D eigenvalue weighted by Gasteiger charge is -2.18. The first kappa shape index (κ1) is 16.3. The maximum atomic E-state index is 13.9. The number of benzene rings is 2. The summed E-state index contributed by atoms with van der Waals surface area (Å²) in [7, 11) is 0. The van der Waals surface area contributed by atoms with E-state index in [4.69, 9.17) is 5.73 Å². The number of primary amides is 1. The summed E-state index contributed by atoms with van der Waals surface area (Å²) in [5.41, 5.74) is 3.84. The molecular weight excluding hydrogens is 315 g/mol. The Morgan fingerprint density at radius 1 is 1.13 bits per heavy atom. The molecule has 1 amide bonds. The second kappa shape index (κ2) is 6.34. The molecule has 0 spiro atoms. The van der Waals surface area contributed by atoms with E-state index in [0.29, 0.717) is 12.1 Å². The van der Waals surface area contributed by atoms with E-state index in [2.05, 4.69) is 5.32 Å². The van der Waals surface area contributed by atoms with E-state index in [1.807, 2.05) is 0 Å². The normalized spacial score (nSPS) is 11.8. The first-order valence-corrected chi connectivity index (χ1v) is 6.24. The number of non-ortho nitro benzene ring substituents is 1. The molecule has 120 valence electrons. The van der Waals surface area contributed by atoms with Gasteiger partial charge in [-0.2, -0.15) is 0 Å². The van der Waals surface area contributed by atoms with E-state index in [0.717, 1.165) is 12.1 Å². The number of hydrogen-bond acceptors (Lipinski definition) is 4. The second-order valence-electron chi connectivity index (χ2n) is 4.57. The quantitative estimate of drug-likeness (QED) is 0.652. The van der Waals surface area contributed by atoms with E-state index >= 15 is 0 Å². The number of anilines is 1. The summed E-state index contributed by atoms with van der Waals surface area (Å²) in [6, 6.07) is 4.21. The van der Waals surface area contributed by atoms with Crippen LogP contribution in [0.3, 0.4) is 0 Å². The van der Waals surface area contributed by atoms with Crippen LogP contribution in [0.1, 0.15) is 11.6 Å². The van der Waals surface area contributed by atoms with Crippen LogP contribution in [0.15, 0.2) is 36.4 Å². The van der Waals surface area contributed by atoms with Crippen molar-refractivity contribution in [1.82, 2.24) is 0 Å². The van der Waals surface area contributed by atoms with Gasteiger partial charge < -0.3 is 11.1 Å². The van der Waals surface area contributed by atoms with Crippen molar-refractivity contribution in [2.24, 2.45) is 5.73 Å². The van der Waals surface area contributed by atoms with Gasteiger partial charge in [-0.3, -0.25) is 14.9 Å². The molecule has 0 saturated carbocycles. The first-order valence-electron chi connectivity index (χ1n) is 6.24.